The Bertz CT molecular complexity index is 208. The minimum absolute atomic E-state index is 0.0591. The second kappa shape index (κ2) is 5.07. The van der Waals surface area contributed by atoms with Gasteiger partial charge in [0.2, 0.25) is 11.8 Å². The fraction of sp³-hybridized carbons (Fsp3) is 0.750. The molecular formula is C8H13ClN2O2. The molecule has 1 fully saturated rings. The van der Waals surface area contributed by atoms with Crippen molar-refractivity contribution in [3.63, 3.8) is 0 Å². The van der Waals surface area contributed by atoms with Crippen molar-refractivity contribution in [1.29, 1.82) is 0 Å². The first-order valence-corrected chi connectivity index (χ1v) is 4.88. The van der Waals surface area contributed by atoms with E-state index in [0.717, 1.165) is 6.42 Å². The number of hydrogen-bond acceptors (Lipinski definition) is 2. The quantitative estimate of drug-likeness (QED) is 0.634. The summed E-state index contributed by atoms with van der Waals surface area (Å²) < 4.78 is 0. The van der Waals surface area contributed by atoms with Gasteiger partial charge < -0.3 is 10.6 Å². The van der Waals surface area contributed by atoms with Crippen LogP contribution in [0.2, 0.25) is 0 Å². The Morgan fingerprint density at radius 3 is 3.00 bits per heavy atom. The highest BCUT2D eigenvalue weighted by atomic mass is 35.5. The van der Waals surface area contributed by atoms with Crippen molar-refractivity contribution in [2.24, 2.45) is 0 Å². The number of halogens is 1. The summed E-state index contributed by atoms with van der Waals surface area (Å²) in [6.07, 6.45) is 1.71. The molecule has 2 N–H and O–H groups in total. The Kier molecular flexibility index (Phi) is 4.02. The van der Waals surface area contributed by atoms with E-state index < -0.39 is 0 Å². The molecule has 0 saturated carbocycles. The van der Waals surface area contributed by atoms with Crippen molar-refractivity contribution in [2.45, 2.75) is 25.3 Å². The molecule has 2 amide bonds. The van der Waals surface area contributed by atoms with E-state index in [1.165, 1.54) is 0 Å². The van der Waals surface area contributed by atoms with Gasteiger partial charge in [0.15, 0.2) is 0 Å². The first kappa shape index (κ1) is 10.3. The molecule has 0 radical (unpaired) electrons. The lowest BCUT2D eigenvalue weighted by Crippen LogP contribution is -2.38. The van der Waals surface area contributed by atoms with Crippen LogP contribution in [-0.2, 0) is 9.59 Å². The first-order valence-electron chi connectivity index (χ1n) is 4.34. The van der Waals surface area contributed by atoms with Gasteiger partial charge >= 0.3 is 0 Å². The molecule has 1 atom stereocenters. The Balaban J connectivity index is 2.12. The van der Waals surface area contributed by atoms with Crippen LogP contribution in [0.4, 0.5) is 0 Å². The average Bonchev–Trinajstić information content (AvgIpc) is 2.49. The van der Waals surface area contributed by atoms with Gasteiger partial charge in [0.25, 0.3) is 0 Å². The van der Waals surface area contributed by atoms with Gasteiger partial charge in [0, 0.05) is 31.3 Å². The molecule has 5 heteroatoms. The fourth-order valence-corrected chi connectivity index (χ4v) is 1.41. The maximum atomic E-state index is 11.0. The Morgan fingerprint density at radius 2 is 2.46 bits per heavy atom. The predicted molar refractivity (Wildman–Crippen MR) is 49.5 cm³/mol. The summed E-state index contributed by atoms with van der Waals surface area (Å²) in [6.45, 7) is 0.515. The molecule has 0 aromatic carbocycles. The first-order chi connectivity index (χ1) is 6.22. The van der Waals surface area contributed by atoms with E-state index in [9.17, 15) is 9.59 Å². The lowest BCUT2D eigenvalue weighted by atomic mass is 10.2. The van der Waals surface area contributed by atoms with Gasteiger partial charge in [-0.2, -0.15) is 0 Å². The molecule has 74 valence electrons. The van der Waals surface area contributed by atoms with E-state index in [1.807, 2.05) is 0 Å². The molecule has 4 nitrogen and oxygen atoms in total. The summed E-state index contributed by atoms with van der Waals surface area (Å²) in [5, 5.41) is 5.47. The summed E-state index contributed by atoms with van der Waals surface area (Å²) in [6, 6.07) is 0.103. The molecule has 0 aromatic heterocycles. The normalized spacial score (nSPS) is 21.3. The summed E-state index contributed by atoms with van der Waals surface area (Å²) in [4.78, 5) is 21.8. The van der Waals surface area contributed by atoms with Gasteiger partial charge in [0.1, 0.15) is 0 Å². The number of alkyl halides is 1. The highest BCUT2D eigenvalue weighted by molar-refractivity contribution is 6.18. The number of nitrogens with one attached hydrogen (secondary N) is 2. The van der Waals surface area contributed by atoms with Crippen LogP contribution in [0, 0.1) is 0 Å². The number of rotatable bonds is 4. The van der Waals surface area contributed by atoms with Crippen LogP contribution in [-0.4, -0.2) is 30.3 Å². The highest BCUT2D eigenvalue weighted by Gasteiger charge is 2.20. The second-order valence-corrected chi connectivity index (χ2v) is 3.42. The van der Waals surface area contributed by atoms with E-state index >= 15 is 0 Å². The number of carbonyl (C=O) groups excluding carboxylic acids is 2. The monoisotopic (exact) mass is 204 g/mol. The van der Waals surface area contributed by atoms with Crippen molar-refractivity contribution in [1.82, 2.24) is 10.6 Å². The second-order valence-electron chi connectivity index (χ2n) is 3.05. The lowest BCUT2D eigenvalue weighted by Gasteiger charge is -2.10. The zero-order chi connectivity index (χ0) is 9.68. The number of carbonyl (C=O) groups is 2. The Labute approximate surface area is 82.0 Å². The fourth-order valence-electron chi connectivity index (χ4n) is 1.24. The van der Waals surface area contributed by atoms with Crippen LogP contribution in [0.3, 0.4) is 0 Å². The van der Waals surface area contributed by atoms with E-state index in [-0.39, 0.29) is 17.9 Å². The van der Waals surface area contributed by atoms with E-state index in [2.05, 4.69) is 10.6 Å². The summed E-state index contributed by atoms with van der Waals surface area (Å²) in [5.74, 6) is 0.343. The molecule has 1 aliphatic rings. The molecular weight excluding hydrogens is 192 g/mol. The van der Waals surface area contributed by atoms with Gasteiger partial charge in [-0.3, -0.25) is 9.59 Å². The van der Waals surface area contributed by atoms with Crippen LogP contribution in [0.25, 0.3) is 0 Å². The third kappa shape index (κ3) is 3.63. The van der Waals surface area contributed by atoms with Crippen molar-refractivity contribution in [3.05, 3.63) is 0 Å². The molecule has 1 aliphatic heterocycles. The standard InChI is InChI=1S/C8H13ClN2O2/c9-4-3-7(12)10-5-6-1-2-8(13)11-6/h6H,1-5H2,(H,10,12)(H,11,13). The van der Waals surface area contributed by atoms with E-state index in [4.69, 9.17) is 11.6 Å². The van der Waals surface area contributed by atoms with Crippen LogP contribution >= 0.6 is 11.6 Å². The summed E-state index contributed by atoms with van der Waals surface area (Å²) in [5.41, 5.74) is 0. The van der Waals surface area contributed by atoms with Gasteiger partial charge in [0.05, 0.1) is 0 Å². The summed E-state index contributed by atoms with van der Waals surface area (Å²) >= 11 is 5.38. The maximum absolute atomic E-state index is 11.0. The largest absolute Gasteiger partial charge is 0.354 e. The van der Waals surface area contributed by atoms with Gasteiger partial charge in [-0.05, 0) is 6.42 Å². The summed E-state index contributed by atoms with van der Waals surface area (Å²) in [7, 11) is 0. The molecule has 13 heavy (non-hydrogen) atoms. The van der Waals surface area contributed by atoms with Crippen molar-refractivity contribution in [2.75, 3.05) is 12.4 Å². The number of amides is 2. The Morgan fingerprint density at radius 1 is 1.69 bits per heavy atom. The molecule has 0 aromatic rings. The average molecular weight is 205 g/mol. The van der Waals surface area contributed by atoms with Crippen molar-refractivity contribution >= 4 is 23.4 Å². The van der Waals surface area contributed by atoms with Gasteiger partial charge in [-0.15, -0.1) is 11.6 Å². The zero-order valence-electron chi connectivity index (χ0n) is 7.31. The molecule has 1 heterocycles. The molecule has 1 unspecified atom stereocenters. The van der Waals surface area contributed by atoms with Crippen molar-refractivity contribution < 1.29 is 9.59 Å². The Hall–Kier alpha value is -0.770. The molecule has 0 bridgehead atoms. The maximum Gasteiger partial charge on any atom is 0.221 e. The molecule has 0 spiro atoms. The third-order valence-corrected chi connectivity index (χ3v) is 2.14. The smallest absolute Gasteiger partial charge is 0.221 e. The number of hydrogen-bond donors (Lipinski definition) is 2. The van der Waals surface area contributed by atoms with Crippen LogP contribution in [0.5, 0.6) is 0 Å². The molecule has 0 aliphatic carbocycles. The predicted octanol–water partition coefficient (Wildman–Crippen LogP) is 0.0101. The minimum Gasteiger partial charge on any atom is -0.354 e. The highest BCUT2D eigenvalue weighted by Crippen LogP contribution is 2.04. The van der Waals surface area contributed by atoms with Gasteiger partial charge in [-0.1, -0.05) is 0 Å². The van der Waals surface area contributed by atoms with Crippen LogP contribution < -0.4 is 10.6 Å². The van der Waals surface area contributed by atoms with Crippen LogP contribution in [0.1, 0.15) is 19.3 Å². The van der Waals surface area contributed by atoms with Crippen molar-refractivity contribution in [3.8, 4) is 0 Å². The lowest BCUT2D eigenvalue weighted by molar-refractivity contribution is -0.121. The topological polar surface area (TPSA) is 58.2 Å². The zero-order valence-corrected chi connectivity index (χ0v) is 8.06. The molecule has 1 rings (SSSR count). The SMILES string of the molecule is O=C(CCCl)NCC1CCC(=O)N1. The van der Waals surface area contributed by atoms with Crippen LogP contribution in [0.15, 0.2) is 0 Å². The molecule has 1 saturated heterocycles. The van der Waals surface area contributed by atoms with Gasteiger partial charge in [-0.25, -0.2) is 0 Å². The van der Waals surface area contributed by atoms with E-state index in [1.54, 1.807) is 0 Å². The third-order valence-electron chi connectivity index (χ3n) is 1.95. The van der Waals surface area contributed by atoms with E-state index in [0.29, 0.717) is 25.3 Å². The minimum atomic E-state index is -0.0591.